The van der Waals surface area contributed by atoms with Gasteiger partial charge in [-0.2, -0.15) is 0 Å². The maximum atomic E-state index is 12.7. The minimum absolute atomic E-state index is 0.133. The van der Waals surface area contributed by atoms with Crippen molar-refractivity contribution in [3.05, 3.63) is 34.3 Å². The van der Waals surface area contributed by atoms with Gasteiger partial charge in [0.25, 0.3) is 5.91 Å². The highest BCUT2D eigenvalue weighted by molar-refractivity contribution is 7.11. The van der Waals surface area contributed by atoms with Crippen molar-refractivity contribution in [1.29, 1.82) is 0 Å². The molecule has 1 aliphatic rings. The van der Waals surface area contributed by atoms with Gasteiger partial charge in [-0.3, -0.25) is 4.79 Å². The molecule has 8 heteroatoms. The van der Waals surface area contributed by atoms with Gasteiger partial charge in [0.2, 0.25) is 5.82 Å². The predicted octanol–water partition coefficient (Wildman–Crippen LogP) is 3.09. The Kier molecular flexibility index (Phi) is 4.12. The Morgan fingerprint density at radius 2 is 1.96 bits per heavy atom. The van der Waals surface area contributed by atoms with E-state index < -0.39 is 0 Å². The molecule has 3 heterocycles. The summed E-state index contributed by atoms with van der Waals surface area (Å²) in [6, 6.07) is 5.29. The van der Waals surface area contributed by atoms with Crippen LogP contribution in [0.5, 0.6) is 11.5 Å². The number of fused-ring (bicyclic) bond motifs is 2. The van der Waals surface area contributed by atoms with Crippen molar-refractivity contribution in [2.24, 2.45) is 0 Å². The first-order chi connectivity index (χ1) is 12.5. The summed E-state index contributed by atoms with van der Waals surface area (Å²) in [5.41, 5.74) is 1.38. The summed E-state index contributed by atoms with van der Waals surface area (Å²) in [6.45, 7) is 3.05. The lowest BCUT2D eigenvalue weighted by molar-refractivity contribution is 0.101. The first-order valence-electron chi connectivity index (χ1n) is 8.17. The van der Waals surface area contributed by atoms with Crippen LogP contribution in [0.3, 0.4) is 0 Å². The van der Waals surface area contributed by atoms with E-state index in [1.807, 2.05) is 31.3 Å². The van der Waals surface area contributed by atoms with Crippen LogP contribution in [0.2, 0.25) is 0 Å². The highest BCUT2D eigenvalue weighted by Gasteiger charge is 2.19. The number of nitrogens with zero attached hydrogens (tertiary/aromatic N) is 3. The molecule has 2 aromatic heterocycles. The zero-order valence-corrected chi connectivity index (χ0v) is 15.5. The van der Waals surface area contributed by atoms with Crippen molar-refractivity contribution in [2.45, 2.75) is 6.92 Å². The van der Waals surface area contributed by atoms with Gasteiger partial charge in [0.15, 0.2) is 11.5 Å². The number of carbonyl (C=O) groups is 1. The summed E-state index contributed by atoms with van der Waals surface area (Å²) < 4.78 is 11.0. The van der Waals surface area contributed by atoms with Crippen LogP contribution in [0.25, 0.3) is 10.9 Å². The molecule has 134 valence electrons. The predicted molar refractivity (Wildman–Crippen MR) is 102 cm³/mol. The number of hydrogen-bond donors (Lipinski definition) is 1. The number of thiophene rings is 1. The van der Waals surface area contributed by atoms with E-state index in [4.69, 9.17) is 9.47 Å². The summed E-state index contributed by atoms with van der Waals surface area (Å²) in [7, 11) is 3.81. The van der Waals surface area contributed by atoms with Gasteiger partial charge >= 0.3 is 0 Å². The zero-order chi connectivity index (χ0) is 18.3. The third-order valence-corrected chi connectivity index (χ3v) is 4.94. The molecule has 0 bridgehead atoms. The van der Waals surface area contributed by atoms with E-state index in [2.05, 4.69) is 15.3 Å². The van der Waals surface area contributed by atoms with Gasteiger partial charge in [0.1, 0.15) is 19.0 Å². The number of benzene rings is 1. The van der Waals surface area contributed by atoms with Gasteiger partial charge in [0.05, 0.1) is 10.9 Å². The number of carbonyl (C=O) groups excluding carboxylic acids is 1. The number of anilines is 2. The van der Waals surface area contributed by atoms with Gasteiger partial charge in [-0.15, -0.1) is 11.3 Å². The van der Waals surface area contributed by atoms with Gasteiger partial charge in [-0.05, 0) is 19.1 Å². The fraction of sp³-hybridized carbons (Fsp3) is 0.278. The highest BCUT2D eigenvalue weighted by atomic mass is 32.1. The van der Waals surface area contributed by atoms with Gasteiger partial charge < -0.3 is 19.7 Å². The summed E-state index contributed by atoms with van der Waals surface area (Å²) in [5, 5.41) is 5.76. The van der Waals surface area contributed by atoms with Crippen LogP contribution in [0, 0.1) is 6.92 Å². The molecule has 1 aromatic carbocycles. The molecule has 0 fully saturated rings. The second-order valence-corrected chi connectivity index (χ2v) is 7.21. The third-order valence-electron chi connectivity index (χ3n) is 4.04. The molecule has 7 nitrogen and oxygen atoms in total. The first-order valence-corrected chi connectivity index (χ1v) is 9.05. The normalized spacial score (nSPS) is 12.9. The zero-order valence-electron chi connectivity index (χ0n) is 14.7. The number of hydrogen-bond acceptors (Lipinski definition) is 7. The van der Waals surface area contributed by atoms with Crippen molar-refractivity contribution in [3.8, 4) is 11.5 Å². The van der Waals surface area contributed by atoms with Crippen molar-refractivity contribution >= 4 is 39.7 Å². The Balaban J connectivity index is 1.66. The number of ether oxygens (including phenoxy) is 2. The van der Waals surface area contributed by atoms with Crippen LogP contribution in [0.4, 0.5) is 11.5 Å². The van der Waals surface area contributed by atoms with Crippen LogP contribution in [0.15, 0.2) is 23.6 Å². The molecule has 4 rings (SSSR count). The largest absolute Gasteiger partial charge is 0.486 e. The standard InChI is InChI=1S/C18H18N4O3S/c1-10-15-12(9-26-10)20-16(21-17(15)22(2)3)18(23)19-11-4-5-13-14(8-11)25-7-6-24-13/h4-5,8-9H,6-7H2,1-3H3,(H,19,23). The third kappa shape index (κ3) is 2.92. The molecule has 26 heavy (non-hydrogen) atoms. The van der Waals surface area contributed by atoms with E-state index in [1.165, 1.54) is 0 Å². The molecule has 1 amide bonds. The maximum Gasteiger partial charge on any atom is 0.293 e. The molecule has 0 aliphatic carbocycles. The highest BCUT2D eigenvalue weighted by Crippen LogP contribution is 2.33. The van der Waals surface area contributed by atoms with Gasteiger partial charge in [-0.25, -0.2) is 9.97 Å². The molecule has 0 unspecified atom stereocenters. The van der Waals surface area contributed by atoms with E-state index in [1.54, 1.807) is 29.5 Å². The summed E-state index contributed by atoms with van der Waals surface area (Å²) in [6.07, 6.45) is 0. The molecule has 0 saturated carbocycles. The molecule has 0 atom stereocenters. The average molecular weight is 370 g/mol. The second-order valence-electron chi connectivity index (χ2n) is 6.13. The Labute approximate surface area is 154 Å². The fourth-order valence-electron chi connectivity index (χ4n) is 2.83. The summed E-state index contributed by atoms with van der Waals surface area (Å²) in [4.78, 5) is 24.6. The number of aromatic nitrogens is 2. The van der Waals surface area contributed by atoms with Crippen LogP contribution < -0.4 is 19.7 Å². The minimum Gasteiger partial charge on any atom is -0.486 e. The summed E-state index contributed by atoms with van der Waals surface area (Å²) >= 11 is 1.60. The fourth-order valence-corrected chi connectivity index (χ4v) is 3.60. The lowest BCUT2D eigenvalue weighted by Crippen LogP contribution is -2.20. The van der Waals surface area contributed by atoms with Crippen molar-refractivity contribution in [2.75, 3.05) is 37.5 Å². The van der Waals surface area contributed by atoms with Crippen LogP contribution in [0.1, 0.15) is 15.5 Å². The topological polar surface area (TPSA) is 76.6 Å². The minimum atomic E-state index is -0.365. The Bertz CT molecular complexity index is 1000. The Morgan fingerprint density at radius 1 is 1.19 bits per heavy atom. The van der Waals surface area contributed by atoms with Crippen LogP contribution in [-0.2, 0) is 0 Å². The number of nitrogens with one attached hydrogen (secondary N) is 1. The Hall–Kier alpha value is -2.87. The van der Waals surface area contributed by atoms with E-state index in [9.17, 15) is 4.79 Å². The second kappa shape index (κ2) is 6.45. The molecule has 0 radical (unpaired) electrons. The first kappa shape index (κ1) is 16.6. The number of aryl methyl sites for hydroxylation is 1. The van der Waals surface area contributed by atoms with E-state index in [-0.39, 0.29) is 11.7 Å². The number of amides is 1. The maximum absolute atomic E-state index is 12.7. The molecular formula is C18H18N4O3S. The smallest absolute Gasteiger partial charge is 0.293 e. The van der Waals surface area contributed by atoms with E-state index in [0.29, 0.717) is 30.4 Å². The molecule has 1 aliphatic heterocycles. The molecular weight excluding hydrogens is 352 g/mol. The molecule has 3 aromatic rings. The SMILES string of the molecule is Cc1scc2nc(C(=O)Nc3ccc4c(c3)OCCO4)nc(N(C)C)c12. The monoisotopic (exact) mass is 370 g/mol. The van der Waals surface area contributed by atoms with Gasteiger partial charge in [0, 0.05) is 36.1 Å². The van der Waals surface area contributed by atoms with E-state index >= 15 is 0 Å². The lowest BCUT2D eigenvalue weighted by Gasteiger charge is -2.19. The molecule has 0 spiro atoms. The van der Waals surface area contributed by atoms with Crippen molar-refractivity contribution in [3.63, 3.8) is 0 Å². The lowest BCUT2D eigenvalue weighted by atomic mass is 10.2. The van der Waals surface area contributed by atoms with Crippen molar-refractivity contribution < 1.29 is 14.3 Å². The Morgan fingerprint density at radius 3 is 2.73 bits per heavy atom. The van der Waals surface area contributed by atoms with Crippen molar-refractivity contribution in [1.82, 2.24) is 9.97 Å². The van der Waals surface area contributed by atoms with Crippen LogP contribution in [-0.4, -0.2) is 43.2 Å². The van der Waals surface area contributed by atoms with Crippen LogP contribution >= 0.6 is 11.3 Å². The average Bonchev–Trinajstić information content (AvgIpc) is 3.02. The molecule has 0 saturated heterocycles. The number of rotatable bonds is 3. The molecule has 1 N–H and O–H groups in total. The van der Waals surface area contributed by atoms with Gasteiger partial charge in [-0.1, -0.05) is 0 Å². The van der Waals surface area contributed by atoms with E-state index in [0.717, 1.165) is 21.6 Å². The summed E-state index contributed by atoms with van der Waals surface area (Å²) in [5.74, 6) is 1.80. The quantitative estimate of drug-likeness (QED) is 0.763.